The van der Waals surface area contributed by atoms with Gasteiger partial charge >= 0.3 is 0 Å². The molecule has 0 N–H and O–H groups in total. The zero-order chi connectivity index (χ0) is 19.0. The molecule has 27 heavy (non-hydrogen) atoms. The summed E-state index contributed by atoms with van der Waals surface area (Å²) in [5.41, 5.74) is 8.66. The molecule has 0 aliphatic heterocycles. The maximum Gasteiger partial charge on any atom is 0.146 e. The number of hydrogen-bond acceptors (Lipinski definition) is 1. The van der Waals surface area contributed by atoms with E-state index in [0.717, 1.165) is 17.8 Å². The van der Waals surface area contributed by atoms with Gasteiger partial charge in [0.05, 0.1) is 16.7 Å². The Labute approximate surface area is 161 Å². The van der Waals surface area contributed by atoms with Gasteiger partial charge in [-0.3, -0.25) is 4.57 Å². The maximum atomic E-state index is 5.06. The molecule has 0 saturated carbocycles. The fraction of sp³-hybridized carbons (Fsp3) is 0.240. The van der Waals surface area contributed by atoms with Crippen LogP contribution in [0.3, 0.4) is 0 Å². The number of rotatable bonds is 4. The van der Waals surface area contributed by atoms with Crippen LogP contribution in [0.25, 0.3) is 28.1 Å². The van der Waals surface area contributed by atoms with E-state index < -0.39 is 0 Å². The monoisotopic (exact) mass is 354 g/mol. The lowest BCUT2D eigenvalue weighted by Crippen LogP contribution is -2.07. The first kappa shape index (κ1) is 17.5. The van der Waals surface area contributed by atoms with E-state index in [9.17, 15) is 0 Å². The van der Waals surface area contributed by atoms with Gasteiger partial charge in [-0.2, -0.15) is 0 Å². The van der Waals surface area contributed by atoms with Gasteiger partial charge in [0.1, 0.15) is 5.82 Å². The summed E-state index contributed by atoms with van der Waals surface area (Å²) in [5.74, 6) is 1.47. The first-order valence-electron chi connectivity index (χ1n) is 9.77. The van der Waals surface area contributed by atoms with Crippen molar-refractivity contribution >= 4 is 11.0 Å². The molecule has 4 aromatic rings. The number of imidazole rings is 1. The molecule has 1 aromatic heterocycles. The van der Waals surface area contributed by atoms with Crippen LogP contribution in [-0.2, 0) is 6.42 Å². The molecule has 0 radical (unpaired) electrons. The lowest BCUT2D eigenvalue weighted by Gasteiger charge is -2.20. The molecule has 0 saturated heterocycles. The molecule has 0 bridgehead atoms. The highest BCUT2D eigenvalue weighted by atomic mass is 15.1. The van der Waals surface area contributed by atoms with Crippen LogP contribution in [0.4, 0.5) is 0 Å². The smallest absolute Gasteiger partial charge is 0.146 e. The lowest BCUT2D eigenvalue weighted by molar-refractivity contribution is 0.843. The first-order valence-corrected chi connectivity index (χ1v) is 9.77. The topological polar surface area (TPSA) is 17.8 Å². The van der Waals surface area contributed by atoms with E-state index in [1.54, 1.807) is 0 Å². The van der Waals surface area contributed by atoms with E-state index in [1.807, 2.05) is 0 Å². The van der Waals surface area contributed by atoms with E-state index in [1.165, 1.54) is 33.5 Å². The largest absolute Gasteiger partial charge is 0.292 e. The van der Waals surface area contributed by atoms with Crippen molar-refractivity contribution in [2.45, 2.75) is 40.0 Å². The summed E-state index contributed by atoms with van der Waals surface area (Å²) in [6.45, 7) is 8.93. The number of aromatic nitrogens is 2. The molecule has 1 heterocycles. The van der Waals surface area contributed by atoms with E-state index >= 15 is 0 Å². The van der Waals surface area contributed by atoms with E-state index in [-0.39, 0.29) is 0 Å². The highest BCUT2D eigenvalue weighted by molar-refractivity contribution is 5.84. The second kappa shape index (κ2) is 7.03. The molecule has 0 aliphatic rings. The van der Waals surface area contributed by atoms with Gasteiger partial charge in [0.2, 0.25) is 0 Å². The van der Waals surface area contributed by atoms with Crippen molar-refractivity contribution < 1.29 is 0 Å². The summed E-state index contributed by atoms with van der Waals surface area (Å²) in [6, 6.07) is 23.7. The molecule has 0 fully saturated rings. The zero-order valence-corrected chi connectivity index (χ0v) is 16.5. The van der Waals surface area contributed by atoms with Gasteiger partial charge < -0.3 is 0 Å². The number of aryl methyl sites for hydroxylation is 2. The quantitative estimate of drug-likeness (QED) is 0.399. The molecule has 136 valence electrons. The highest BCUT2D eigenvalue weighted by Gasteiger charge is 2.20. The van der Waals surface area contributed by atoms with E-state index in [0.29, 0.717) is 5.92 Å². The van der Waals surface area contributed by atoms with Crippen molar-refractivity contribution in [2.75, 3.05) is 0 Å². The number of benzene rings is 3. The Balaban J connectivity index is 2.15. The van der Waals surface area contributed by atoms with Crippen molar-refractivity contribution in [3.05, 3.63) is 83.4 Å². The highest BCUT2D eigenvalue weighted by Crippen LogP contribution is 2.35. The van der Waals surface area contributed by atoms with Crippen LogP contribution < -0.4 is 0 Å². The third-order valence-electron chi connectivity index (χ3n) is 5.32. The molecule has 0 spiro atoms. The number of hydrogen-bond donors (Lipinski definition) is 0. The normalized spacial score (nSPS) is 11.4. The van der Waals surface area contributed by atoms with Crippen molar-refractivity contribution in [3.63, 3.8) is 0 Å². The summed E-state index contributed by atoms with van der Waals surface area (Å²) in [7, 11) is 0. The molecular formula is C25H26N2. The average molecular weight is 354 g/mol. The fourth-order valence-electron chi connectivity index (χ4n) is 3.89. The van der Waals surface area contributed by atoms with Gasteiger partial charge in [0, 0.05) is 5.56 Å². The molecule has 0 unspecified atom stereocenters. The summed E-state index contributed by atoms with van der Waals surface area (Å²) < 4.78 is 2.38. The second-order valence-electron chi connectivity index (χ2n) is 7.44. The van der Waals surface area contributed by atoms with Crippen LogP contribution in [0.1, 0.15) is 43.4 Å². The predicted molar refractivity (Wildman–Crippen MR) is 115 cm³/mol. The molecule has 3 aromatic carbocycles. The third-order valence-corrected chi connectivity index (χ3v) is 5.32. The van der Waals surface area contributed by atoms with Crippen LogP contribution in [0.5, 0.6) is 0 Å². The standard InChI is InChI=1S/C25H26N2/c1-5-19-12-10-14-20(17(2)3)24(19)27-23-16-9-8-15-22(23)26-25(27)21-13-7-6-11-18(21)4/h6-17H,5H2,1-4H3. The minimum Gasteiger partial charge on any atom is -0.292 e. The molecule has 0 amide bonds. The molecule has 4 rings (SSSR count). The Bertz CT molecular complexity index is 1100. The molecule has 0 aliphatic carbocycles. The maximum absolute atomic E-state index is 5.06. The zero-order valence-electron chi connectivity index (χ0n) is 16.5. The van der Waals surface area contributed by atoms with Crippen molar-refractivity contribution in [1.29, 1.82) is 0 Å². The molecule has 2 heteroatoms. The summed E-state index contributed by atoms with van der Waals surface area (Å²) in [4.78, 5) is 5.06. The minimum absolute atomic E-state index is 0.442. The molecular weight excluding hydrogens is 328 g/mol. The number of nitrogens with zero attached hydrogens (tertiary/aromatic N) is 2. The van der Waals surface area contributed by atoms with Gasteiger partial charge in [-0.15, -0.1) is 0 Å². The van der Waals surface area contributed by atoms with Crippen LogP contribution in [0.2, 0.25) is 0 Å². The van der Waals surface area contributed by atoms with Crippen molar-refractivity contribution in [3.8, 4) is 17.1 Å². The minimum atomic E-state index is 0.442. The number of fused-ring (bicyclic) bond motifs is 1. The van der Waals surface area contributed by atoms with Crippen LogP contribution in [-0.4, -0.2) is 9.55 Å². The molecule has 2 nitrogen and oxygen atoms in total. The fourth-order valence-corrected chi connectivity index (χ4v) is 3.89. The summed E-state index contributed by atoms with van der Waals surface area (Å²) in [6.07, 6.45) is 0.996. The Morgan fingerprint density at radius 1 is 0.889 bits per heavy atom. The Morgan fingerprint density at radius 3 is 2.37 bits per heavy atom. The van der Waals surface area contributed by atoms with Gasteiger partial charge in [-0.1, -0.05) is 75.4 Å². The van der Waals surface area contributed by atoms with Gasteiger partial charge in [-0.05, 0) is 48.1 Å². The summed E-state index contributed by atoms with van der Waals surface area (Å²) >= 11 is 0. The Morgan fingerprint density at radius 2 is 1.63 bits per heavy atom. The van der Waals surface area contributed by atoms with Gasteiger partial charge in [0.15, 0.2) is 0 Å². The lowest BCUT2D eigenvalue weighted by atomic mass is 9.96. The third kappa shape index (κ3) is 2.95. The van der Waals surface area contributed by atoms with Gasteiger partial charge in [-0.25, -0.2) is 4.98 Å². The van der Waals surface area contributed by atoms with Crippen molar-refractivity contribution in [2.24, 2.45) is 0 Å². The second-order valence-corrected chi connectivity index (χ2v) is 7.44. The Hall–Kier alpha value is -2.87. The van der Waals surface area contributed by atoms with E-state index in [4.69, 9.17) is 4.98 Å². The van der Waals surface area contributed by atoms with Crippen molar-refractivity contribution in [1.82, 2.24) is 9.55 Å². The molecule has 0 atom stereocenters. The Kier molecular flexibility index (Phi) is 4.57. The van der Waals surface area contributed by atoms with Gasteiger partial charge in [0.25, 0.3) is 0 Å². The predicted octanol–water partition coefficient (Wildman–Crippen LogP) is 6.69. The van der Waals surface area contributed by atoms with Crippen LogP contribution in [0.15, 0.2) is 66.7 Å². The number of para-hydroxylation sites is 3. The van der Waals surface area contributed by atoms with E-state index in [2.05, 4.69) is 99.0 Å². The van der Waals surface area contributed by atoms with Crippen LogP contribution >= 0.6 is 0 Å². The average Bonchev–Trinajstić information content (AvgIpc) is 3.06. The SMILES string of the molecule is CCc1cccc(C(C)C)c1-n1c(-c2ccccc2C)nc2ccccc21. The van der Waals surface area contributed by atoms with Crippen LogP contribution in [0, 0.1) is 6.92 Å². The first-order chi connectivity index (χ1) is 13.1. The summed E-state index contributed by atoms with van der Waals surface area (Å²) in [5, 5.41) is 0.